The van der Waals surface area contributed by atoms with E-state index in [1.165, 1.54) is 31.8 Å². The molecular weight excluding hydrogens is 983 g/mol. The van der Waals surface area contributed by atoms with Crippen LogP contribution in [0.15, 0.2) is 170 Å². The van der Waals surface area contributed by atoms with Crippen molar-refractivity contribution in [3.8, 4) is 68.2 Å². The summed E-state index contributed by atoms with van der Waals surface area (Å²) in [5, 5.41) is 7.41. The molecule has 0 bridgehead atoms. The van der Waals surface area contributed by atoms with E-state index in [1.54, 1.807) is 0 Å². The highest BCUT2D eigenvalue weighted by Gasteiger charge is 2.37. The first-order chi connectivity index (χ1) is 37.0. The Labute approximate surface area is 450 Å². The van der Waals surface area contributed by atoms with Crippen LogP contribution < -0.4 is 69.7 Å². The van der Waals surface area contributed by atoms with Crippen LogP contribution in [0, 0.1) is 24.7 Å². The molecule has 0 spiro atoms. The minimum atomic E-state index is -1.04. The molecule has 10 heteroatoms. The fourth-order valence-corrected chi connectivity index (χ4v) is 15.0. The molecule has 0 aromatic heterocycles. The second-order valence-corrected chi connectivity index (χ2v) is 25.7. The third kappa shape index (κ3) is 10.7. The Morgan fingerprint density at radius 1 is 0.303 bits per heavy atom. The second kappa shape index (κ2) is 22.3. The number of ether oxygens (including phenoxy) is 8. The molecule has 0 amide bonds. The fraction of sp³-hybridized carbons (Fsp3) is 0.273. The molecule has 0 atom stereocenters. The SMILES string of the molecule is CC1(C)COc2ccc(P(c3ccccc3)c3ccccc3)c(-c3c(P(c4ccccc4)c4ccccc4)ccc4c3OCC(C)(C)CO4)c2OC1.Cc1ccc2c(c1-c1c(C)ccc3c1OCCCO3)OCCCO2. The van der Waals surface area contributed by atoms with Crippen molar-refractivity contribution in [2.45, 2.75) is 54.4 Å². The molecule has 0 fully saturated rings. The van der Waals surface area contributed by atoms with Gasteiger partial charge in [0.2, 0.25) is 0 Å². The van der Waals surface area contributed by atoms with Crippen molar-refractivity contribution in [2.75, 3.05) is 52.9 Å². The maximum absolute atomic E-state index is 7.02. The molecule has 0 aliphatic carbocycles. The van der Waals surface area contributed by atoms with Crippen LogP contribution in [0.3, 0.4) is 0 Å². The van der Waals surface area contributed by atoms with E-state index in [0.29, 0.717) is 52.9 Å². The van der Waals surface area contributed by atoms with Crippen LogP contribution in [0.5, 0.6) is 46.0 Å². The lowest BCUT2D eigenvalue weighted by molar-refractivity contribution is 0.139. The topological polar surface area (TPSA) is 73.8 Å². The summed E-state index contributed by atoms with van der Waals surface area (Å²) in [6.07, 6.45) is 1.78. The first-order valence-corrected chi connectivity index (χ1v) is 29.2. The average molecular weight is 1050 g/mol. The van der Waals surface area contributed by atoms with Gasteiger partial charge in [-0.05, 0) is 109 Å². The standard InChI is InChI=1S/C46H44O4P2.C20H22O4/c1-45(2)29-47-37-25-27-39(51(33-17-9-5-10-18-33)34-19-11-6-12-20-34)41(43(37)49-31-45)42-40(28-26-38-44(42)50-32-46(3,4)30-48-38)52(35-21-13-7-14-22-35)36-23-15-8-16-24-36;1-13-5-7-15-19(23-11-3-9-21-15)17(13)18-14(2)6-8-16-20(18)24-12-4-10-22-16/h5-28H,29-32H2,1-4H3;5-8H,3-4,9-12H2,1-2H3. The van der Waals surface area contributed by atoms with Crippen LogP contribution in [-0.4, -0.2) is 52.9 Å². The van der Waals surface area contributed by atoms with Gasteiger partial charge in [0.15, 0.2) is 46.0 Å². The molecule has 0 saturated heterocycles. The zero-order chi connectivity index (χ0) is 52.2. The van der Waals surface area contributed by atoms with E-state index in [9.17, 15) is 0 Å². The molecule has 4 heterocycles. The summed E-state index contributed by atoms with van der Waals surface area (Å²) in [6, 6.07) is 60.5. The zero-order valence-electron chi connectivity index (χ0n) is 44.4. The summed E-state index contributed by atoms with van der Waals surface area (Å²) in [6.45, 7) is 17.8. The highest BCUT2D eigenvalue weighted by atomic mass is 31.1. The summed E-state index contributed by atoms with van der Waals surface area (Å²) >= 11 is 0. The molecular formula is C66H66O8P2. The van der Waals surface area contributed by atoms with E-state index in [1.807, 2.05) is 12.1 Å². The molecule has 0 N–H and O–H groups in total. The smallest absolute Gasteiger partial charge is 0.169 e. The normalized spacial score (nSPS) is 16.0. The van der Waals surface area contributed by atoms with Crippen LogP contribution in [0.25, 0.3) is 22.3 Å². The van der Waals surface area contributed by atoms with Gasteiger partial charge >= 0.3 is 0 Å². The fourth-order valence-electron chi connectivity index (χ4n) is 10.1. The molecule has 0 radical (unpaired) electrons. The minimum Gasteiger partial charge on any atom is -0.490 e. The minimum absolute atomic E-state index is 0.180. The van der Waals surface area contributed by atoms with Crippen LogP contribution in [0.4, 0.5) is 0 Å². The van der Waals surface area contributed by atoms with E-state index in [2.05, 4.69) is 199 Å². The summed E-state index contributed by atoms with van der Waals surface area (Å²) < 4.78 is 51.2. The number of rotatable bonds is 8. The van der Waals surface area contributed by atoms with E-state index >= 15 is 0 Å². The van der Waals surface area contributed by atoms with Gasteiger partial charge in [0.05, 0.1) is 52.9 Å². The lowest BCUT2D eigenvalue weighted by Gasteiger charge is -2.29. The van der Waals surface area contributed by atoms with E-state index in [4.69, 9.17) is 37.9 Å². The average Bonchev–Trinajstić information content (AvgIpc) is 3.96. The molecule has 388 valence electrons. The maximum atomic E-state index is 7.02. The van der Waals surface area contributed by atoms with Gasteiger partial charge in [-0.25, -0.2) is 0 Å². The number of aryl methyl sites for hydroxylation is 2. The van der Waals surface area contributed by atoms with Crippen molar-refractivity contribution < 1.29 is 37.9 Å². The van der Waals surface area contributed by atoms with Crippen molar-refractivity contribution in [3.05, 3.63) is 181 Å². The van der Waals surface area contributed by atoms with Crippen LogP contribution in [0.2, 0.25) is 0 Å². The Morgan fingerprint density at radius 3 is 0.947 bits per heavy atom. The van der Waals surface area contributed by atoms with Gasteiger partial charge in [-0.15, -0.1) is 0 Å². The molecule has 4 aliphatic heterocycles. The Hall–Kier alpha value is -6.98. The molecule has 76 heavy (non-hydrogen) atoms. The van der Waals surface area contributed by atoms with Gasteiger partial charge < -0.3 is 37.9 Å². The van der Waals surface area contributed by atoms with Gasteiger partial charge in [0.25, 0.3) is 0 Å². The highest BCUT2D eigenvalue weighted by Crippen LogP contribution is 2.54. The van der Waals surface area contributed by atoms with Crippen molar-refractivity contribution in [1.29, 1.82) is 0 Å². The van der Waals surface area contributed by atoms with Crippen molar-refractivity contribution in [1.82, 2.24) is 0 Å². The molecule has 8 aromatic rings. The van der Waals surface area contributed by atoms with Gasteiger partial charge in [-0.3, -0.25) is 0 Å². The number of hydrogen-bond donors (Lipinski definition) is 0. The Bertz CT molecular complexity index is 3010. The summed E-state index contributed by atoms with van der Waals surface area (Å²) in [7, 11) is -2.08. The zero-order valence-corrected chi connectivity index (χ0v) is 46.2. The number of fused-ring (bicyclic) bond motifs is 4. The third-order valence-corrected chi connectivity index (χ3v) is 18.9. The highest BCUT2D eigenvalue weighted by molar-refractivity contribution is 7.80. The Balaban J connectivity index is 0.000000213. The van der Waals surface area contributed by atoms with Gasteiger partial charge in [0, 0.05) is 45.9 Å². The van der Waals surface area contributed by atoms with Crippen molar-refractivity contribution in [2.24, 2.45) is 10.8 Å². The first kappa shape index (κ1) is 51.1. The summed E-state index contributed by atoms with van der Waals surface area (Å²) in [4.78, 5) is 0. The van der Waals surface area contributed by atoms with Gasteiger partial charge in [0.1, 0.15) is 0 Å². The predicted molar refractivity (Wildman–Crippen MR) is 311 cm³/mol. The largest absolute Gasteiger partial charge is 0.490 e. The van der Waals surface area contributed by atoms with Crippen LogP contribution in [0.1, 0.15) is 51.7 Å². The van der Waals surface area contributed by atoms with Crippen LogP contribution in [-0.2, 0) is 0 Å². The molecule has 8 nitrogen and oxygen atoms in total. The van der Waals surface area contributed by atoms with E-state index in [-0.39, 0.29) is 10.8 Å². The van der Waals surface area contributed by atoms with E-state index in [0.717, 1.165) is 92.2 Å². The molecule has 4 aliphatic rings. The van der Waals surface area contributed by atoms with Crippen LogP contribution >= 0.6 is 15.8 Å². The monoisotopic (exact) mass is 1050 g/mol. The summed E-state index contributed by atoms with van der Waals surface area (Å²) in [5.74, 6) is 6.28. The first-order valence-electron chi connectivity index (χ1n) is 26.5. The summed E-state index contributed by atoms with van der Waals surface area (Å²) in [5.41, 5.74) is 6.06. The van der Waals surface area contributed by atoms with Gasteiger partial charge in [-0.2, -0.15) is 0 Å². The van der Waals surface area contributed by atoms with Crippen molar-refractivity contribution >= 4 is 47.7 Å². The maximum Gasteiger partial charge on any atom is 0.169 e. The lowest BCUT2D eigenvalue weighted by Crippen LogP contribution is -2.28. The lowest BCUT2D eigenvalue weighted by atomic mass is 9.94. The quantitative estimate of drug-likeness (QED) is 0.139. The molecule has 12 rings (SSSR count). The Kier molecular flexibility index (Phi) is 15.0. The number of benzene rings is 8. The van der Waals surface area contributed by atoms with Gasteiger partial charge in [-0.1, -0.05) is 161 Å². The molecule has 8 aromatic carbocycles. The number of hydrogen-bond acceptors (Lipinski definition) is 8. The van der Waals surface area contributed by atoms with E-state index < -0.39 is 15.8 Å². The predicted octanol–water partition coefficient (Wildman–Crippen LogP) is 12.8. The molecule has 0 saturated carbocycles. The second-order valence-electron chi connectivity index (χ2n) is 21.3. The third-order valence-electron chi connectivity index (χ3n) is 13.9. The Morgan fingerprint density at radius 2 is 0.592 bits per heavy atom. The van der Waals surface area contributed by atoms with Crippen molar-refractivity contribution in [3.63, 3.8) is 0 Å². The molecule has 0 unspecified atom stereocenters.